The van der Waals surface area contributed by atoms with E-state index in [0.29, 0.717) is 11.9 Å². The Labute approximate surface area is 198 Å². The highest BCUT2D eigenvalue weighted by atomic mass is 16.5. The molecule has 3 aromatic heterocycles. The highest BCUT2D eigenvalue weighted by Gasteiger charge is 2.39. The average Bonchev–Trinajstić information content (AvgIpc) is 3.55. The second-order valence-electron chi connectivity index (χ2n) is 9.28. The smallest absolute Gasteiger partial charge is 0.159 e. The summed E-state index contributed by atoms with van der Waals surface area (Å²) in [7, 11) is 1.92. The van der Waals surface area contributed by atoms with E-state index in [9.17, 15) is 0 Å². The lowest BCUT2D eigenvalue weighted by atomic mass is 9.84. The number of aryl methyl sites for hydroxylation is 1. The lowest BCUT2D eigenvalue weighted by Crippen LogP contribution is -2.44. The summed E-state index contributed by atoms with van der Waals surface area (Å²) in [6, 6.07) is 8.57. The van der Waals surface area contributed by atoms with Crippen LogP contribution in [-0.2, 0) is 16.5 Å². The van der Waals surface area contributed by atoms with Crippen molar-refractivity contribution >= 4 is 0 Å². The zero-order valence-electron chi connectivity index (χ0n) is 19.3. The van der Waals surface area contributed by atoms with Crippen LogP contribution < -0.4 is 0 Å². The van der Waals surface area contributed by atoms with E-state index in [1.54, 1.807) is 4.68 Å². The van der Waals surface area contributed by atoms with E-state index in [0.717, 1.165) is 73.3 Å². The zero-order valence-corrected chi connectivity index (χ0v) is 19.3. The zero-order chi connectivity index (χ0) is 23.0. The van der Waals surface area contributed by atoms with Crippen LogP contribution in [0.4, 0.5) is 0 Å². The summed E-state index contributed by atoms with van der Waals surface area (Å²) in [5, 5.41) is 8.95. The summed E-state index contributed by atoms with van der Waals surface area (Å²) < 4.78 is 15.6. The van der Waals surface area contributed by atoms with Gasteiger partial charge in [-0.05, 0) is 37.3 Å². The fourth-order valence-corrected chi connectivity index (χ4v) is 5.04. The molecule has 0 N–H and O–H groups in total. The number of ether oxygens (including phenoxy) is 2. The van der Waals surface area contributed by atoms with Gasteiger partial charge in [-0.15, -0.1) is 0 Å². The van der Waals surface area contributed by atoms with Crippen LogP contribution in [0.25, 0.3) is 33.6 Å². The maximum Gasteiger partial charge on any atom is 0.159 e. The molecule has 2 saturated heterocycles. The van der Waals surface area contributed by atoms with Gasteiger partial charge in [0.2, 0.25) is 0 Å². The molecule has 0 saturated carbocycles. The van der Waals surface area contributed by atoms with Crippen LogP contribution in [0.2, 0.25) is 0 Å². The Bertz CT molecular complexity index is 1270. The van der Waals surface area contributed by atoms with Crippen molar-refractivity contribution in [3.63, 3.8) is 0 Å². The van der Waals surface area contributed by atoms with Gasteiger partial charge in [-0.25, -0.2) is 9.97 Å². The van der Waals surface area contributed by atoms with E-state index in [1.165, 1.54) is 0 Å². The van der Waals surface area contributed by atoms with Crippen molar-refractivity contribution in [3.05, 3.63) is 61.4 Å². The molecular weight excluding hydrogens is 428 g/mol. The molecule has 2 aliphatic rings. The van der Waals surface area contributed by atoms with Crippen molar-refractivity contribution in [2.75, 3.05) is 19.8 Å². The van der Waals surface area contributed by atoms with Gasteiger partial charge in [0.25, 0.3) is 0 Å². The summed E-state index contributed by atoms with van der Waals surface area (Å²) in [6.45, 7) is 2.34. The summed E-state index contributed by atoms with van der Waals surface area (Å²) in [6.07, 6.45) is 15.6. The van der Waals surface area contributed by atoms with Crippen LogP contribution >= 0.6 is 0 Å². The van der Waals surface area contributed by atoms with E-state index >= 15 is 0 Å². The molecule has 1 aromatic carbocycles. The van der Waals surface area contributed by atoms with Crippen LogP contribution in [0.15, 0.2) is 61.4 Å². The minimum absolute atomic E-state index is 0.0532. The minimum atomic E-state index is -0.0532. The molecule has 0 aliphatic carbocycles. The Morgan fingerprint density at radius 2 is 1.62 bits per heavy atom. The van der Waals surface area contributed by atoms with E-state index in [1.807, 2.05) is 50.2 Å². The van der Waals surface area contributed by atoms with Crippen LogP contribution in [0.1, 0.15) is 31.7 Å². The second-order valence-corrected chi connectivity index (χ2v) is 9.28. The summed E-state index contributed by atoms with van der Waals surface area (Å²) >= 11 is 0. The van der Waals surface area contributed by atoms with Crippen LogP contribution in [0, 0.1) is 0 Å². The highest BCUT2D eigenvalue weighted by molar-refractivity contribution is 5.70. The standard InChI is InChI=1S/C26H28N6O2/c1-31-17-22(15-29-31)19-3-2-4-20(11-19)25-27-13-21(14-28-25)23-16-30-32(18-23)24-5-8-34-26(12-24)6-9-33-10-7-26/h2-4,11,13-18,24H,5-10,12H2,1H3. The van der Waals surface area contributed by atoms with Crippen LogP contribution in [0.3, 0.4) is 0 Å². The van der Waals surface area contributed by atoms with E-state index < -0.39 is 0 Å². The number of rotatable bonds is 4. The first-order chi connectivity index (χ1) is 16.7. The first-order valence-corrected chi connectivity index (χ1v) is 11.9. The average molecular weight is 457 g/mol. The van der Waals surface area contributed by atoms with Gasteiger partial charge in [0, 0.05) is 73.9 Å². The van der Waals surface area contributed by atoms with Crippen molar-refractivity contribution in [2.24, 2.45) is 7.05 Å². The summed E-state index contributed by atoms with van der Waals surface area (Å²) in [4.78, 5) is 9.31. The van der Waals surface area contributed by atoms with Gasteiger partial charge < -0.3 is 9.47 Å². The molecule has 1 spiro atoms. The highest BCUT2D eigenvalue weighted by Crippen LogP contribution is 2.39. The third kappa shape index (κ3) is 4.15. The maximum absolute atomic E-state index is 6.20. The van der Waals surface area contributed by atoms with Gasteiger partial charge in [0.05, 0.1) is 24.0 Å². The number of hydrogen-bond donors (Lipinski definition) is 0. The third-order valence-electron chi connectivity index (χ3n) is 6.99. The Kier molecular flexibility index (Phi) is 5.47. The fraction of sp³-hybridized carbons (Fsp3) is 0.385. The van der Waals surface area contributed by atoms with E-state index in [4.69, 9.17) is 9.47 Å². The molecule has 2 fully saturated rings. The molecule has 1 unspecified atom stereocenters. The van der Waals surface area contributed by atoms with Gasteiger partial charge in [0.1, 0.15) is 0 Å². The maximum atomic E-state index is 6.20. The van der Waals surface area contributed by atoms with Crippen molar-refractivity contribution in [2.45, 2.75) is 37.3 Å². The SMILES string of the molecule is Cn1cc(-c2cccc(-c3ncc(-c4cnn(C5CCOC6(CCOCC6)C5)c4)cn3)c2)cn1. The molecule has 5 heterocycles. The molecule has 1 atom stereocenters. The second kappa shape index (κ2) is 8.77. The van der Waals surface area contributed by atoms with E-state index in [-0.39, 0.29) is 5.60 Å². The molecule has 4 aromatic rings. The van der Waals surface area contributed by atoms with Gasteiger partial charge >= 0.3 is 0 Å². The molecule has 6 rings (SSSR count). The monoisotopic (exact) mass is 456 g/mol. The van der Waals surface area contributed by atoms with Gasteiger partial charge in [0.15, 0.2) is 5.82 Å². The number of aromatic nitrogens is 6. The Morgan fingerprint density at radius 3 is 2.41 bits per heavy atom. The van der Waals surface area contributed by atoms with Gasteiger partial charge in [-0.3, -0.25) is 9.36 Å². The molecule has 8 heteroatoms. The van der Waals surface area contributed by atoms with Gasteiger partial charge in [-0.2, -0.15) is 10.2 Å². The molecule has 0 bridgehead atoms. The largest absolute Gasteiger partial charge is 0.381 e. The van der Waals surface area contributed by atoms with Crippen molar-refractivity contribution in [1.82, 2.24) is 29.5 Å². The molecule has 34 heavy (non-hydrogen) atoms. The number of nitrogens with zero attached hydrogens (tertiary/aromatic N) is 6. The molecule has 174 valence electrons. The topological polar surface area (TPSA) is 79.9 Å². The van der Waals surface area contributed by atoms with E-state index in [2.05, 4.69) is 43.2 Å². The van der Waals surface area contributed by atoms with Crippen LogP contribution in [-0.4, -0.2) is 55.0 Å². The number of hydrogen-bond acceptors (Lipinski definition) is 6. The Morgan fingerprint density at radius 1 is 0.853 bits per heavy atom. The first kappa shape index (κ1) is 21.2. The fourth-order valence-electron chi connectivity index (χ4n) is 5.04. The van der Waals surface area contributed by atoms with Crippen LogP contribution in [0.5, 0.6) is 0 Å². The van der Waals surface area contributed by atoms with Crippen molar-refractivity contribution in [3.8, 4) is 33.6 Å². The lowest BCUT2D eigenvalue weighted by Gasteiger charge is -2.43. The van der Waals surface area contributed by atoms with Crippen molar-refractivity contribution < 1.29 is 9.47 Å². The predicted molar refractivity (Wildman–Crippen MR) is 128 cm³/mol. The summed E-state index contributed by atoms with van der Waals surface area (Å²) in [5.74, 6) is 0.702. The van der Waals surface area contributed by atoms with Gasteiger partial charge in [-0.1, -0.05) is 18.2 Å². The normalized spacial score (nSPS) is 20.0. The number of benzene rings is 1. The quantitative estimate of drug-likeness (QED) is 0.455. The Hall–Kier alpha value is -3.36. The molecular formula is C26H28N6O2. The first-order valence-electron chi connectivity index (χ1n) is 11.9. The molecule has 2 aliphatic heterocycles. The minimum Gasteiger partial charge on any atom is -0.381 e. The predicted octanol–water partition coefficient (Wildman–Crippen LogP) is 4.31. The molecule has 0 amide bonds. The molecule has 8 nitrogen and oxygen atoms in total. The molecule has 0 radical (unpaired) electrons. The Balaban J connectivity index is 1.19. The summed E-state index contributed by atoms with van der Waals surface area (Å²) in [5.41, 5.74) is 5.09. The van der Waals surface area contributed by atoms with Crippen molar-refractivity contribution in [1.29, 1.82) is 0 Å². The third-order valence-corrected chi connectivity index (χ3v) is 6.99. The lowest BCUT2D eigenvalue weighted by molar-refractivity contribution is -0.145.